The van der Waals surface area contributed by atoms with Gasteiger partial charge in [0, 0.05) is 7.05 Å². The number of benzene rings is 4. The first kappa shape index (κ1) is 25.5. The van der Waals surface area contributed by atoms with Gasteiger partial charge in [0.25, 0.3) is 0 Å². The minimum absolute atomic E-state index is 0.0556. The quantitative estimate of drug-likeness (QED) is 0.230. The maximum absolute atomic E-state index is 13.4. The summed E-state index contributed by atoms with van der Waals surface area (Å²) >= 11 is 1.42. The molecule has 0 aliphatic heterocycles. The lowest BCUT2D eigenvalue weighted by Gasteiger charge is -2.22. The van der Waals surface area contributed by atoms with Gasteiger partial charge in [-0.2, -0.15) is 0 Å². The van der Waals surface area contributed by atoms with Gasteiger partial charge < -0.3 is 9.88 Å². The molecule has 190 valence electrons. The number of hydrogen-bond acceptors (Lipinski definition) is 4. The van der Waals surface area contributed by atoms with Crippen molar-refractivity contribution in [2.24, 2.45) is 7.05 Å². The average Bonchev–Trinajstić information content (AvgIpc) is 3.33. The van der Waals surface area contributed by atoms with Crippen molar-refractivity contribution >= 4 is 17.7 Å². The van der Waals surface area contributed by atoms with E-state index in [2.05, 4.69) is 39.8 Å². The Morgan fingerprint density at radius 1 is 0.684 bits per heavy atom. The highest BCUT2D eigenvalue weighted by Gasteiger charge is 2.26. The predicted octanol–water partition coefficient (Wildman–Crippen LogP) is 6.38. The summed E-state index contributed by atoms with van der Waals surface area (Å²) in [7, 11) is 1.97. The van der Waals surface area contributed by atoms with Crippen molar-refractivity contribution in [3.05, 3.63) is 149 Å². The predicted molar refractivity (Wildman–Crippen MR) is 153 cm³/mol. The van der Waals surface area contributed by atoms with Gasteiger partial charge in [0.2, 0.25) is 5.91 Å². The fourth-order valence-corrected chi connectivity index (χ4v) is 5.41. The highest BCUT2D eigenvalue weighted by molar-refractivity contribution is 8.00. The van der Waals surface area contributed by atoms with E-state index in [0.717, 1.165) is 28.1 Å². The number of hydrogen-bond donors (Lipinski definition) is 1. The molecule has 1 amide bonds. The summed E-state index contributed by atoms with van der Waals surface area (Å²) in [6, 6.07) is 40.5. The number of nitrogens with one attached hydrogen (secondary N) is 1. The Bertz CT molecular complexity index is 1380. The number of thioether (sulfide) groups is 1. The van der Waals surface area contributed by atoms with Gasteiger partial charge in [-0.3, -0.25) is 4.79 Å². The number of rotatable bonds is 9. The smallest absolute Gasteiger partial charge is 0.234 e. The summed E-state index contributed by atoms with van der Waals surface area (Å²) < 4.78 is 2.00. The first-order valence-corrected chi connectivity index (χ1v) is 13.6. The summed E-state index contributed by atoms with van der Waals surface area (Å²) in [5, 5.41) is 12.7. The monoisotopic (exact) mass is 518 g/mol. The molecule has 1 heterocycles. The van der Waals surface area contributed by atoms with Crippen LogP contribution in [0.5, 0.6) is 0 Å². The Labute approximate surface area is 228 Å². The fourth-order valence-electron chi connectivity index (χ4n) is 4.58. The Balaban J connectivity index is 1.37. The molecule has 5 aromatic rings. The van der Waals surface area contributed by atoms with Gasteiger partial charge in [0.05, 0.1) is 17.2 Å². The van der Waals surface area contributed by atoms with E-state index >= 15 is 0 Å². The Hall–Kier alpha value is -4.16. The van der Waals surface area contributed by atoms with Gasteiger partial charge in [0.1, 0.15) is 5.82 Å². The summed E-state index contributed by atoms with van der Waals surface area (Å²) in [5.74, 6) is 0.720. The molecule has 4 aromatic carbocycles. The van der Waals surface area contributed by atoms with Crippen molar-refractivity contribution in [3.63, 3.8) is 0 Å². The third-order valence-corrected chi connectivity index (χ3v) is 7.73. The lowest BCUT2D eigenvalue weighted by molar-refractivity contribution is -0.120. The maximum Gasteiger partial charge on any atom is 0.234 e. The molecule has 1 unspecified atom stereocenters. The minimum Gasteiger partial charge on any atom is -0.344 e. The molecule has 0 bridgehead atoms. The van der Waals surface area contributed by atoms with Gasteiger partial charge in [-0.25, -0.2) is 0 Å². The van der Waals surface area contributed by atoms with Crippen LogP contribution in [0.15, 0.2) is 126 Å². The first-order valence-electron chi connectivity index (χ1n) is 12.7. The van der Waals surface area contributed by atoms with Crippen molar-refractivity contribution < 1.29 is 4.79 Å². The summed E-state index contributed by atoms with van der Waals surface area (Å²) in [6.45, 7) is 1.91. The molecule has 5 rings (SSSR count). The van der Waals surface area contributed by atoms with Crippen LogP contribution in [0.4, 0.5) is 0 Å². The molecule has 1 N–H and O–H groups in total. The van der Waals surface area contributed by atoms with Crippen LogP contribution in [0.1, 0.15) is 47.0 Å². The summed E-state index contributed by atoms with van der Waals surface area (Å²) in [6.07, 6.45) is 0. The molecule has 0 fully saturated rings. The SMILES string of the molecule is CC(Sc1nnc(C(c2ccccc2)c2ccccc2)n1C)C(=O)NC(c1ccccc1)c1ccccc1. The Kier molecular flexibility index (Phi) is 8.00. The third-order valence-electron chi connectivity index (χ3n) is 6.60. The molecule has 0 radical (unpaired) electrons. The largest absolute Gasteiger partial charge is 0.344 e. The van der Waals surface area contributed by atoms with E-state index in [0.29, 0.717) is 5.16 Å². The lowest BCUT2D eigenvalue weighted by atomic mass is 9.90. The number of nitrogens with zero attached hydrogens (tertiary/aromatic N) is 3. The van der Waals surface area contributed by atoms with Gasteiger partial charge in [-0.1, -0.05) is 133 Å². The van der Waals surface area contributed by atoms with Crippen molar-refractivity contribution in [2.45, 2.75) is 29.3 Å². The van der Waals surface area contributed by atoms with Crippen molar-refractivity contribution in [1.82, 2.24) is 20.1 Å². The molecule has 5 nitrogen and oxygen atoms in total. The second-order valence-corrected chi connectivity index (χ2v) is 10.5. The van der Waals surface area contributed by atoms with Crippen molar-refractivity contribution in [2.75, 3.05) is 0 Å². The molecule has 38 heavy (non-hydrogen) atoms. The van der Waals surface area contributed by atoms with Gasteiger partial charge in [-0.15, -0.1) is 10.2 Å². The van der Waals surface area contributed by atoms with Crippen molar-refractivity contribution in [3.8, 4) is 0 Å². The van der Waals surface area contributed by atoms with E-state index in [1.807, 2.05) is 116 Å². The summed E-state index contributed by atoms with van der Waals surface area (Å²) in [4.78, 5) is 13.4. The second kappa shape index (κ2) is 11.9. The van der Waals surface area contributed by atoms with Crippen molar-refractivity contribution in [1.29, 1.82) is 0 Å². The molecular weight excluding hydrogens is 488 g/mol. The Morgan fingerprint density at radius 3 is 1.55 bits per heavy atom. The van der Waals surface area contributed by atoms with Gasteiger partial charge in [-0.05, 0) is 29.2 Å². The molecule has 0 saturated carbocycles. The molecular formula is C32H30N4OS. The van der Waals surface area contributed by atoms with Gasteiger partial charge >= 0.3 is 0 Å². The van der Waals surface area contributed by atoms with E-state index < -0.39 is 0 Å². The van der Waals surface area contributed by atoms with E-state index in [1.54, 1.807) is 0 Å². The molecule has 0 saturated heterocycles. The van der Waals surface area contributed by atoms with E-state index in [4.69, 9.17) is 0 Å². The molecule has 1 atom stereocenters. The Morgan fingerprint density at radius 2 is 1.11 bits per heavy atom. The molecule has 0 spiro atoms. The molecule has 0 aliphatic rings. The van der Waals surface area contributed by atoms with Crippen LogP contribution in [-0.4, -0.2) is 25.9 Å². The topological polar surface area (TPSA) is 59.8 Å². The fraction of sp³-hybridized carbons (Fsp3) is 0.156. The van der Waals surface area contributed by atoms with E-state index in [9.17, 15) is 4.79 Å². The number of amides is 1. The minimum atomic E-state index is -0.368. The van der Waals surface area contributed by atoms with E-state index in [-0.39, 0.29) is 23.1 Å². The van der Waals surface area contributed by atoms with Crippen LogP contribution in [-0.2, 0) is 11.8 Å². The number of aromatic nitrogens is 3. The van der Waals surface area contributed by atoms with Crippen LogP contribution in [0, 0.1) is 0 Å². The highest BCUT2D eigenvalue weighted by atomic mass is 32.2. The average molecular weight is 519 g/mol. The zero-order valence-corrected chi connectivity index (χ0v) is 22.3. The normalized spacial score (nSPS) is 12.0. The molecule has 1 aromatic heterocycles. The standard InChI is InChI=1S/C32H30N4OS/c1-23(31(37)33-29(26-19-11-5-12-20-26)27-21-13-6-14-22-27)38-32-35-34-30(36(32)2)28(24-15-7-3-8-16-24)25-17-9-4-10-18-25/h3-23,28-29H,1-2H3,(H,33,37). The molecule has 6 heteroatoms. The van der Waals surface area contributed by atoms with Crippen LogP contribution >= 0.6 is 11.8 Å². The lowest BCUT2D eigenvalue weighted by Crippen LogP contribution is -2.35. The maximum atomic E-state index is 13.4. The second-order valence-electron chi connectivity index (χ2n) is 9.18. The van der Waals surface area contributed by atoms with Crippen LogP contribution in [0.25, 0.3) is 0 Å². The first-order chi connectivity index (χ1) is 18.6. The van der Waals surface area contributed by atoms with Crippen LogP contribution < -0.4 is 5.32 Å². The zero-order valence-electron chi connectivity index (χ0n) is 21.4. The highest BCUT2D eigenvalue weighted by Crippen LogP contribution is 2.33. The van der Waals surface area contributed by atoms with Gasteiger partial charge in [0.15, 0.2) is 5.16 Å². The molecule has 0 aliphatic carbocycles. The zero-order chi connectivity index (χ0) is 26.3. The number of carbonyl (C=O) groups is 1. The van der Waals surface area contributed by atoms with Crippen LogP contribution in [0.3, 0.4) is 0 Å². The van der Waals surface area contributed by atoms with E-state index in [1.165, 1.54) is 11.8 Å². The van der Waals surface area contributed by atoms with Crippen LogP contribution in [0.2, 0.25) is 0 Å². The third kappa shape index (κ3) is 5.71. The summed E-state index contributed by atoms with van der Waals surface area (Å²) in [5.41, 5.74) is 4.37. The number of carbonyl (C=O) groups excluding carboxylic acids is 1.